The van der Waals surface area contributed by atoms with Crippen molar-refractivity contribution in [1.29, 1.82) is 0 Å². The molecule has 1 aromatic rings. The maximum absolute atomic E-state index is 11.7. The molecule has 3 nitrogen and oxygen atoms in total. The van der Waals surface area contributed by atoms with Gasteiger partial charge in [0.05, 0.1) is 13.7 Å². The summed E-state index contributed by atoms with van der Waals surface area (Å²) in [5.74, 6) is 0.128. The number of aryl methyl sites for hydroxylation is 1. The van der Waals surface area contributed by atoms with Crippen LogP contribution in [0.25, 0.3) is 0 Å². The molecule has 0 radical (unpaired) electrons. The highest BCUT2D eigenvalue weighted by Crippen LogP contribution is 2.32. The number of hydrogen-bond donors (Lipinski definition) is 0. The normalized spacial score (nSPS) is 10.1. The average molecular weight is 243 g/mol. The summed E-state index contributed by atoms with van der Waals surface area (Å²) in [5, 5.41) is 0.543. The summed E-state index contributed by atoms with van der Waals surface area (Å²) in [6.45, 7) is 5.98. The first-order valence-corrected chi connectivity index (χ1v) is 5.41. The van der Waals surface area contributed by atoms with E-state index >= 15 is 0 Å². The zero-order valence-corrected chi connectivity index (χ0v) is 10.6. The summed E-state index contributed by atoms with van der Waals surface area (Å²) in [6.07, 6.45) is 0. The summed E-state index contributed by atoms with van der Waals surface area (Å²) in [6, 6.07) is 1.79. The second-order valence-corrected chi connectivity index (χ2v) is 3.84. The van der Waals surface area contributed by atoms with Crippen molar-refractivity contribution in [3.05, 3.63) is 27.8 Å². The Morgan fingerprint density at radius 1 is 1.44 bits per heavy atom. The van der Waals surface area contributed by atoms with Gasteiger partial charge in [0.25, 0.3) is 0 Å². The van der Waals surface area contributed by atoms with Crippen LogP contribution in [0.15, 0.2) is 6.07 Å². The Balaban J connectivity index is 3.44. The van der Waals surface area contributed by atoms with Crippen LogP contribution < -0.4 is 4.74 Å². The van der Waals surface area contributed by atoms with Gasteiger partial charge in [0.1, 0.15) is 11.3 Å². The Morgan fingerprint density at radius 3 is 2.56 bits per heavy atom. The molecule has 0 heterocycles. The Bertz CT molecular complexity index is 413. The van der Waals surface area contributed by atoms with Crippen LogP contribution >= 0.6 is 11.6 Å². The molecule has 0 aliphatic carbocycles. The fourth-order valence-corrected chi connectivity index (χ4v) is 1.79. The predicted molar refractivity (Wildman–Crippen MR) is 63.4 cm³/mol. The first-order chi connectivity index (χ1) is 7.52. The Morgan fingerprint density at radius 2 is 2.06 bits per heavy atom. The van der Waals surface area contributed by atoms with Gasteiger partial charge >= 0.3 is 5.97 Å². The second kappa shape index (κ2) is 5.21. The molecule has 0 aliphatic heterocycles. The SMILES string of the molecule is CCOc1c(C)cc(Cl)c(C)c1C(=O)OC. The molecule has 0 fully saturated rings. The van der Waals surface area contributed by atoms with Crippen LogP contribution in [-0.4, -0.2) is 19.7 Å². The maximum atomic E-state index is 11.7. The number of carbonyl (C=O) groups is 1. The van der Waals surface area contributed by atoms with Gasteiger partial charge in [-0.15, -0.1) is 0 Å². The lowest BCUT2D eigenvalue weighted by Crippen LogP contribution is -2.09. The number of carbonyl (C=O) groups excluding carboxylic acids is 1. The standard InChI is InChI=1S/C12H15ClO3/c1-5-16-11-7(2)6-9(13)8(3)10(11)12(14)15-4/h6H,5H2,1-4H3. The molecular formula is C12H15ClO3. The molecule has 0 atom stereocenters. The van der Waals surface area contributed by atoms with Crippen LogP contribution in [0.1, 0.15) is 28.4 Å². The molecule has 0 unspecified atom stereocenters. The van der Waals surface area contributed by atoms with Gasteiger partial charge in [0, 0.05) is 5.02 Å². The molecule has 1 aromatic carbocycles. The van der Waals surface area contributed by atoms with Crippen molar-refractivity contribution in [1.82, 2.24) is 0 Å². The lowest BCUT2D eigenvalue weighted by Gasteiger charge is -2.15. The maximum Gasteiger partial charge on any atom is 0.341 e. The smallest absolute Gasteiger partial charge is 0.341 e. The van der Waals surface area contributed by atoms with Gasteiger partial charge in [0.2, 0.25) is 0 Å². The molecule has 88 valence electrons. The van der Waals surface area contributed by atoms with Crippen LogP contribution in [0.3, 0.4) is 0 Å². The average Bonchev–Trinajstić information content (AvgIpc) is 2.25. The van der Waals surface area contributed by atoms with E-state index in [1.54, 1.807) is 13.0 Å². The second-order valence-electron chi connectivity index (χ2n) is 3.43. The van der Waals surface area contributed by atoms with E-state index in [4.69, 9.17) is 21.1 Å². The minimum Gasteiger partial charge on any atom is -0.493 e. The number of rotatable bonds is 3. The van der Waals surface area contributed by atoms with Crippen molar-refractivity contribution in [3.8, 4) is 5.75 Å². The molecule has 0 spiro atoms. The van der Waals surface area contributed by atoms with Crippen molar-refractivity contribution in [3.63, 3.8) is 0 Å². The minimum absolute atomic E-state index is 0.411. The quantitative estimate of drug-likeness (QED) is 0.764. The van der Waals surface area contributed by atoms with E-state index in [0.29, 0.717) is 28.5 Å². The highest BCUT2D eigenvalue weighted by molar-refractivity contribution is 6.32. The Hall–Kier alpha value is -1.22. The Kier molecular flexibility index (Phi) is 4.19. The zero-order valence-electron chi connectivity index (χ0n) is 9.89. The van der Waals surface area contributed by atoms with Gasteiger partial charge < -0.3 is 9.47 Å². The summed E-state index contributed by atoms with van der Waals surface area (Å²) >= 11 is 6.03. The van der Waals surface area contributed by atoms with Crippen LogP contribution in [0.2, 0.25) is 5.02 Å². The van der Waals surface area contributed by atoms with Gasteiger partial charge in [-0.3, -0.25) is 0 Å². The molecule has 0 N–H and O–H groups in total. The van der Waals surface area contributed by atoms with Gasteiger partial charge in [-0.2, -0.15) is 0 Å². The monoisotopic (exact) mass is 242 g/mol. The summed E-state index contributed by atoms with van der Waals surface area (Å²) < 4.78 is 10.2. The summed E-state index contributed by atoms with van der Waals surface area (Å²) in [5.41, 5.74) is 1.93. The van der Waals surface area contributed by atoms with E-state index < -0.39 is 5.97 Å². The first-order valence-electron chi connectivity index (χ1n) is 5.03. The van der Waals surface area contributed by atoms with E-state index in [-0.39, 0.29) is 0 Å². The molecule has 4 heteroatoms. The molecule has 0 saturated heterocycles. The van der Waals surface area contributed by atoms with Crippen molar-refractivity contribution >= 4 is 17.6 Å². The number of benzene rings is 1. The first kappa shape index (κ1) is 12.8. The van der Waals surface area contributed by atoms with Crippen LogP contribution in [0, 0.1) is 13.8 Å². The number of methoxy groups -OCH3 is 1. The molecule has 0 amide bonds. The van der Waals surface area contributed by atoms with Crippen LogP contribution in [-0.2, 0) is 4.74 Å². The topological polar surface area (TPSA) is 35.5 Å². The lowest BCUT2D eigenvalue weighted by molar-refractivity contribution is 0.0595. The van der Waals surface area contributed by atoms with E-state index in [9.17, 15) is 4.79 Å². The molecule has 0 bridgehead atoms. The molecular weight excluding hydrogens is 228 g/mol. The summed E-state index contributed by atoms with van der Waals surface area (Å²) in [7, 11) is 1.34. The number of hydrogen-bond acceptors (Lipinski definition) is 3. The van der Waals surface area contributed by atoms with E-state index in [1.165, 1.54) is 7.11 Å². The molecule has 16 heavy (non-hydrogen) atoms. The number of ether oxygens (including phenoxy) is 2. The third-order valence-corrected chi connectivity index (χ3v) is 2.73. The number of halogens is 1. The highest BCUT2D eigenvalue weighted by Gasteiger charge is 2.20. The molecule has 0 aliphatic rings. The molecule has 0 saturated carbocycles. The fourth-order valence-electron chi connectivity index (χ4n) is 1.53. The van der Waals surface area contributed by atoms with E-state index in [0.717, 1.165) is 5.56 Å². The van der Waals surface area contributed by atoms with E-state index in [2.05, 4.69) is 0 Å². The van der Waals surface area contributed by atoms with Gasteiger partial charge in [0.15, 0.2) is 0 Å². The zero-order chi connectivity index (χ0) is 12.3. The van der Waals surface area contributed by atoms with Gasteiger partial charge in [-0.05, 0) is 38.0 Å². The third-order valence-electron chi connectivity index (χ3n) is 2.34. The molecule has 0 aromatic heterocycles. The van der Waals surface area contributed by atoms with Gasteiger partial charge in [-0.1, -0.05) is 11.6 Å². The lowest BCUT2D eigenvalue weighted by atomic mass is 10.0. The Labute approximate surface area is 100 Å². The fraction of sp³-hybridized carbons (Fsp3) is 0.417. The van der Waals surface area contributed by atoms with Crippen molar-refractivity contribution in [2.75, 3.05) is 13.7 Å². The predicted octanol–water partition coefficient (Wildman–Crippen LogP) is 3.14. The largest absolute Gasteiger partial charge is 0.493 e. The highest BCUT2D eigenvalue weighted by atomic mass is 35.5. The van der Waals surface area contributed by atoms with Crippen LogP contribution in [0.4, 0.5) is 0 Å². The van der Waals surface area contributed by atoms with Crippen LogP contribution in [0.5, 0.6) is 5.75 Å². The van der Waals surface area contributed by atoms with Crippen molar-refractivity contribution in [2.24, 2.45) is 0 Å². The molecule has 1 rings (SSSR count). The van der Waals surface area contributed by atoms with E-state index in [1.807, 2.05) is 13.8 Å². The minimum atomic E-state index is -0.424. The number of esters is 1. The van der Waals surface area contributed by atoms with Crippen molar-refractivity contribution < 1.29 is 14.3 Å². The summed E-state index contributed by atoms with van der Waals surface area (Å²) in [4.78, 5) is 11.7. The third kappa shape index (κ3) is 2.30. The van der Waals surface area contributed by atoms with Gasteiger partial charge in [-0.25, -0.2) is 4.79 Å². The van der Waals surface area contributed by atoms with Crippen molar-refractivity contribution in [2.45, 2.75) is 20.8 Å².